The van der Waals surface area contributed by atoms with Crippen molar-refractivity contribution >= 4 is 22.9 Å². The normalized spacial score (nSPS) is 17.4. The first-order valence-electron chi connectivity index (χ1n) is 6.27. The molecule has 18 heavy (non-hydrogen) atoms. The van der Waals surface area contributed by atoms with Crippen LogP contribution in [-0.4, -0.2) is 13.1 Å². The molecule has 0 amide bonds. The summed E-state index contributed by atoms with van der Waals surface area (Å²) in [6.45, 7) is 2.09. The van der Waals surface area contributed by atoms with Crippen LogP contribution in [0.2, 0.25) is 5.02 Å². The van der Waals surface area contributed by atoms with Crippen molar-refractivity contribution in [2.75, 3.05) is 13.1 Å². The second-order valence-corrected chi connectivity index (χ2v) is 6.18. The molecule has 1 aliphatic heterocycles. The number of hydrogen-bond acceptors (Lipinski definition) is 2. The molecule has 0 atom stereocenters. The van der Waals surface area contributed by atoms with Crippen LogP contribution in [0, 0.1) is 0 Å². The first kappa shape index (κ1) is 12.2. The molecule has 1 aromatic heterocycles. The minimum Gasteiger partial charge on any atom is -0.315 e. The Morgan fingerprint density at radius 2 is 2.06 bits per heavy atom. The number of benzene rings is 1. The van der Waals surface area contributed by atoms with Gasteiger partial charge in [0.05, 0.1) is 0 Å². The van der Waals surface area contributed by atoms with Gasteiger partial charge in [0.1, 0.15) is 0 Å². The Hall–Kier alpha value is -0.830. The molecule has 1 nitrogen and oxygen atoms in total. The van der Waals surface area contributed by atoms with Crippen LogP contribution < -0.4 is 5.32 Å². The molecule has 0 unspecified atom stereocenters. The van der Waals surface area contributed by atoms with E-state index in [2.05, 4.69) is 34.3 Å². The molecule has 0 spiro atoms. The quantitative estimate of drug-likeness (QED) is 0.894. The highest BCUT2D eigenvalue weighted by molar-refractivity contribution is 7.07. The van der Waals surface area contributed by atoms with Gasteiger partial charge in [0.25, 0.3) is 0 Å². The molecule has 1 saturated heterocycles. The summed E-state index contributed by atoms with van der Waals surface area (Å²) in [5.74, 6) is 0. The Labute approximate surface area is 117 Å². The Bertz CT molecular complexity index is 517. The van der Waals surface area contributed by atoms with Crippen LogP contribution in [0.4, 0.5) is 0 Å². The van der Waals surface area contributed by atoms with Crippen molar-refractivity contribution in [3.05, 3.63) is 57.2 Å². The van der Waals surface area contributed by atoms with Crippen LogP contribution in [-0.2, 0) is 11.8 Å². The summed E-state index contributed by atoms with van der Waals surface area (Å²) in [5.41, 5.74) is 2.99. The van der Waals surface area contributed by atoms with Crippen LogP contribution >= 0.6 is 22.9 Å². The summed E-state index contributed by atoms with van der Waals surface area (Å²) in [7, 11) is 0. The first-order chi connectivity index (χ1) is 8.80. The molecule has 2 heterocycles. The Morgan fingerprint density at radius 3 is 2.67 bits per heavy atom. The molecule has 0 aliphatic carbocycles. The number of aryl methyl sites for hydroxylation is 1. The maximum Gasteiger partial charge on any atom is 0.0444 e. The van der Waals surface area contributed by atoms with Gasteiger partial charge in [-0.05, 0) is 46.9 Å². The molecule has 0 radical (unpaired) electrons. The second kappa shape index (κ2) is 5.04. The lowest BCUT2D eigenvalue weighted by atomic mass is 9.71. The van der Waals surface area contributed by atoms with Gasteiger partial charge in [-0.15, -0.1) is 0 Å². The van der Waals surface area contributed by atoms with Gasteiger partial charge >= 0.3 is 0 Å². The van der Waals surface area contributed by atoms with Gasteiger partial charge in [-0.3, -0.25) is 0 Å². The molecular formula is C15H16ClNS. The molecule has 3 heteroatoms. The maximum absolute atomic E-state index is 6.36. The Kier molecular flexibility index (Phi) is 3.42. The highest BCUT2D eigenvalue weighted by atomic mass is 35.5. The lowest BCUT2D eigenvalue weighted by Crippen LogP contribution is -2.57. The molecule has 1 aliphatic rings. The van der Waals surface area contributed by atoms with Gasteiger partial charge in [-0.1, -0.05) is 29.8 Å². The fourth-order valence-corrected chi connectivity index (χ4v) is 3.68. The molecule has 1 N–H and O–H groups in total. The number of hydrogen-bond donors (Lipinski definition) is 1. The average Bonchev–Trinajstić information content (AvgIpc) is 2.83. The Morgan fingerprint density at radius 1 is 1.22 bits per heavy atom. The highest BCUT2D eigenvalue weighted by Crippen LogP contribution is 2.37. The monoisotopic (exact) mass is 277 g/mol. The number of halogens is 1. The van der Waals surface area contributed by atoms with Crippen molar-refractivity contribution in [2.45, 2.75) is 18.3 Å². The molecule has 1 fully saturated rings. The van der Waals surface area contributed by atoms with Gasteiger partial charge in [-0.25, -0.2) is 0 Å². The van der Waals surface area contributed by atoms with Crippen LogP contribution in [0.5, 0.6) is 0 Å². The topological polar surface area (TPSA) is 12.0 Å². The number of thiophene rings is 1. The van der Waals surface area contributed by atoms with Crippen LogP contribution in [0.25, 0.3) is 0 Å². The fourth-order valence-electron chi connectivity index (χ4n) is 2.64. The summed E-state index contributed by atoms with van der Waals surface area (Å²) >= 11 is 8.13. The van der Waals surface area contributed by atoms with E-state index in [-0.39, 0.29) is 5.41 Å². The SMILES string of the molecule is Clc1ccccc1C1(CCc2ccsc2)CNC1. The molecule has 94 valence electrons. The third-order valence-corrected chi connectivity index (χ3v) is 4.91. The Balaban J connectivity index is 1.80. The highest BCUT2D eigenvalue weighted by Gasteiger charge is 2.39. The van der Waals surface area contributed by atoms with Gasteiger partial charge in [0.2, 0.25) is 0 Å². The summed E-state index contributed by atoms with van der Waals surface area (Å²) in [6.07, 6.45) is 2.30. The molecule has 0 saturated carbocycles. The van der Waals surface area contributed by atoms with Crippen molar-refractivity contribution in [3.63, 3.8) is 0 Å². The van der Waals surface area contributed by atoms with Crippen molar-refractivity contribution < 1.29 is 0 Å². The molecule has 3 rings (SSSR count). The van der Waals surface area contributed by atoms with E-state index in [0.29, 0.717) is 0 Å². The molecular weight excluding hydrogens is 262 g/mol. The summed E-state index contributed by atoms with van der Waals surface area (Å²) in [4.78, 5) is 0. The van der Waals surface area contributed by atoms with Crippen molar-refractivity contribution in [1.82, 2.24) is 5.32 Å². The predicted octanol–water partition coefficient (Wildman–Crippen LogP) is 3.88. The van der Waals surface area contributed by atoms with Crippen molar-refractivity contribution in [3.8, 4) is 0 Å². The zero-order valence-corrected chi connectivity index (χ0v) is 11.7. The molecule has 0 bridgehead atoms. The number of rotatable bonds is 4. The van der Waals surface area contributed by atoms with Gasteiger partial charge < -0.3 is 5.32 Å². The smallest absolute Gasteiger partial charge is 0.0444 e. The van der Waals surface area contributed by atoms with Crippen molar-refractivity contribution in [1.29, 1.82) is 0 Å². The van der Waals surface area contributed by atoms with Gasteiger partial charge in [-0.2, -0.15) is 11.3 Å². The van der Waals surface area contributed by atoms with Gasteiger partial charge in [0, 0.05) is 23.5 Å². The average molecular weight is 278 g/mol. The van der Waals surface area contributed by atoms with E-state index >= 15 is 0 Å². The van der Waals surface area contributed by atoms with E-state index in [0.717, 1.165) is 24.5 Å². The van der Waals surface area contributed by atoms with Crippen molar-refractivity contribution in [2.24, 2.45) is 0 Å². The van der Waals surface area contributed by atoms with E-state index in [1.165, 1.54) is 17.5 Å². The standard InChI is InChI=1S/C15H16ClNS/c16-14-4-2-1-3-13(14)15(10-17-11-15)7-5-12-6-8-18-9-12/h1-4,6,8-9,17H,5,7,10-11H2. The van der Waals surface area contributed by atoms with E-state index in [4.69, 9.17) is 11.6 Å². The summed E-state index contributed by atoms with van der Waals surface area (Å²) < 4.78 is 0. The zero-order chi connectivity index (χ0) is 12.4. The lowest BCUT2D eigenvalue weighted by Gasteiger charge is -2.44. The molecule has 1 aromatic carbocycles. The summed E-state index contributed by atoms with van der Waals surface area (Å²) in [5, 5.41) is 8.70. The predicted molar refractivity (Wildman–Crippen MR) is 78.6 cm³/mol. The maximum atomic E-state index is 6.36. The minimum absolute atomic E-state index is 0.236. The van der Waals surface area contributed by atoms with E-state index < -0.39 is 0 Å². The third-order valence-electron chi connectivity index (χ3n) is 3.84. The van der Waals surface area contributed by atoms with E-state index in [1.807, 2.05) is 12.1 Å². The molecule has 2 aromatic rings. The van der Waals surface area contributed by atoms with Crippen LogP contribution in [0.3, 0.4) is 0 Å². The van der Waals surface area contributed by atoms with E-state index in [9.17, 15) is 0 Å². The fraction of sp³-hybridized carbons (Fsp3) is 0.333. The van der Waals surface area contributed by atoms with Crippen LogP contribution in [0.1, 0.15) is 17.5 Å². The van der Waals surface area contributed by atoms with Crippen LogP contribution in [0.15, 0.2) is 41.1 Å². The minimum atomic E-state index is 0.236. The first-order valence-corrected chi connectivity index (χ1v) is 7.59. The third kappa shape index (κ3) is 2.20. The number of nitrogens with one attached hydrogen (secondary N) is 1. The largest absolute Gasteiger partial charge is 0.315 e. The lowest BCUT2D eigenvalue weighted by molar-refractivity contribution is 0.258. The van der Waals surface area contributed by atoms with Gasteiger partial charge in [0.15, 0.2) is 0 Å². The zero-order valence-electron chi connectivity index (χ0n) is 10.2. The second-order valence-electron chi connectivity index (χ2n) is 5.00. The van der Waals surface area contributed by atoms with E-state index in [1.54, 1.807) is 11.3 Å². The summed E-state index contributed by atoms with van der Waals surface area (Å²) in [6, 6.07) is 10.5.